The minimum Gasteiger partial charge on any atom is -0.307 e. The molecule has 0 saturated carbocycles. The molecule has 122 valence electrons. The van der Waals surface area contributed by atoms with Crippen LogP contribution in [0.15, 0.2) is 18.2 Å². The molecule has 0 bridgehead atoms. The van der Waals surface area contributed by atoms with Crippen LogP contribution >= 0.6 is 0 Å². The number of rotatable bonds is 1. The Hall–Kier alpha value is -2.38. The fourth-order valence-corrected chi connectivity index (χ4v) is 2.83. The second kappa shape index (κ2) is 5.36. The molecule has 0 fully saturated rings. The van der Waals surface area contributed by atoms with Gasteiger partial charge in [-0.05, 0) is 37.5 Å². The first-order chi connectivity index (χ1) is 10.8. The van der Waals surface area contributed by atoms with Gasteiger partial charge in [-0.1, -0.05) is 11.3 Å². The highest BCUT2D eigenvalue weighted by Crippen LogP contribution is 2.39. The van der Waals surface area contributed by atoms with Gasteiger partial charge in [0.25, 0.3) is 5.91 Å². The number of hydrogen-bond acceptors (Lipinski definition) is 3. The highest BCUT2D eigenvalue weighted by atomic mass is 19.4. The number of nitrogens with zero attached hydrogens (tertiary/aromatic N) is 4. The number of carbonyl (C=O) groups excluding carboxylic acids is 1. The topological polar surface area (TPSA) is 51.0 Å². The molecule has 1 aliphatic rings. The van der Waals surface area contributed by atoms with Crippen LogP contribution in [0.5, 0.6) is 0 Å². The second-order valence-electron chi connectivity index (χ2n) is 5.51. The van der Waals surface area contributed by atoms with Crippen molar-refractivity contribution in [1.82, 2.24) is 15.0 Å². The van der Waals surface area contributed by atoms with Gasteiger partial charge in [-0.2, -0.15) is 13.2 Å². The SMILES string of the molecule is Cc1c(C(=O)N2CCCc3c2cccc3C(F)(F)F)nnn1C. The number of anilines is 1. The van der Waals surface area contributed by atoms with Gasteiger partial charge in [0.1, 0.15) is 0 Å². The highest BCUT2D eigenvalue weighted by Gasteiger charge is 2.37. The van der Waals surface area contributed by atoms with E-state index in [1.165, 1.54) is 15.6 Å². The van der Waals surface area contributed by atoms with Crippen LogP contribution in [0.1, 0.15) is 33.7 Å². The van der Waals surface area contributed by atoms with Crippen molar-refractivity contribution in [1.29, 1.82) is 0 Å². The number of benzene rings is 1. The molecule has 5 nitrogen and oxygen atoms in total. The lowest BCUT2D eigenvalue weighted by atomic mass is 9.95. The summed E-state index contributed by atoms with van der Waals surface area (Å²) in [7, 11) is 1.66. The van der Waals surface area contributed by atoms with Crippen LogP contribution in [0.2, 0.25) is 0 Å². The number of amides is 1. The Labute approximate surface area is 130 Å². The Morgan fingerprint density at radius 3 is 2.65 bits per heavy atom. The van der Waals surface area contributed by atoms with Crippen LogP contribution < -0.4 is 4.90 Å². The van der Waals surface area contributed by atoms with Crippen LogP contribution in [-0.4, -0.2) is 27.4 Å². The summed E-state index contributed by atoms with van der Waals surface area (Å²) in [6.45, 7) is 2.06. The van der Waals surface area contributed by atoms with E-state index >= 15 is 0 Å². The van der Waals surface area contributed by atoms with E-state index < -0.39 is 17.6 Å². The Balaban J connectivity index is 2.06. The molecule has 0 radical (unpaired) electrons. The zero-order valence-electron chi connectivity index (χ0n) is 12.7. The van der Waals surface area contributed by atoms with Gasteiger partial charge in [-0.3, -0.25) is 9.48 Å². The van der Waals surface area contributed by atoms with Crippen molar-refractivity contribution in [2.24, 2.45) is 7.05 Å². The summed E-state index contributed by atoms with van der Waals surface area (Å²) in [4.78, 5) is 14.1. The molecule has 0 unspecified atom stereocenters. The normalized spacial score (nSPS) is 14.7. The summed E-state index contributed by atoms with van der Waals surface area (Å²) in [5.41, 5.74) is 0.539. The van der Waals surface area contributed by atoms with Crippen molar-refractivity contribution in [2.75, 3.05) is 11.4 Å². The van der Waals surface area contributed by atoms with Crippen LogP contribution in [0.25, 0.3) is 0 Å². The summed E-state index contributed by atoms with van der Waals surface area (Å²) in [5.74, 6) is -0.420. The average molecular weight is 324 g/mol. The monoisotopic (exact) mass is 324 g/mol. The number of fused-ring (bicyclic) bond motifs is 1. The number of carbonyl (C=O) groups is 1. The molecular weight excluding hydrogens is 309 g/mol. The maximum atomic E-state index is 13.2. The van der Waals surface area contributed by atoms with Crippen molar-refractivity contribution in [3.8, 4) is 0 Å². The smallest absolute Gasteiger partial charge is 0.307 e. The standard InChI is InChI=1S/C15H15F3N4O/c1-9-13(19-20-21(9)2)14(23)22-8-4-5-10-11(15(16,17)18)6-3-7-12(10)22/h3,6-7H,4-5,8H2,1-2H3. The van der Waals surface area contributed by atoms with Crippen molar-refractivity contribution >= 4 is 11.6 Å². The van der Waals surface area contributed by atoms with E-state index in [4.69, 9.17) is 0 Å². The van der Waals surface area contributed by atoms with Crippen LogP contribution in [0.3, 0.4) is 0 Å². The molecule has 3 rings (SSSR count). The Bertz CT molecular complexity index is 767. The Morgan fingerprint density at radius 2 is 2.04 bits per heavy atom. The van der Waals surface area contributed by atoms with E-state index in [2.05, 4.69) is 10.3 Å². The minimum atomic E-state index is -4.43. The highest BCUT2D eigenvalue weighted by molar-refractivity contribution is 6.06. The van der Waals surface area contributed by atoms with E-state index in [1.807, 2.05) is 0 Å². The average Bonchev–Trinajstić information content (AvgIpc) is 2.84. The molecule has 0 atom stereocenters. The molecule has 0 spiro atoms. The van der Waals surface area contributed by atoms with E-state index in [0.29, 0.717) is 30.8 Å². The molecular formula is C15H15F3N4O. The Kier molecular flexibility index (Phi) is 3.62. The number of aromatic nitrogens is 3. The molecule has 0 aliphatic carbocycles. The van der Waals surface area contributed by atoms with E-state index in [-0.39, 0.29) is 11.3 Å². The fraction of sp³-hybridized carbons (Fsp3) is 0.400. The first kappa shape index (κ1) is 15.5. The molecule has 0 saturated heterocycles. The predicted molar refractivity (Wildman–Crippen MR) is 77.2 cm³/mol. The summed E-state index contributed by atoms with van der Waals surface area (Å²) in [6.07, 6.45) is -3.65. The van der Waals surface area contributed by atoms with E-state index in [9.17, 15) is 18.0 Å². The maximum Gasteiger partial charge on any atom is 0.416 e. The summed E-state index contributed by atoms with van der Waals surface area (Å²) in [5, 5.41) is 7.62. The van der Waals surface area contributed by atoms with Crippen molar-refractivity contribution in [2.45, 2.75) is 25.9 Å². The lowest BCUT2D eigenvalue weighted by Crippen LogP contribution is -2.37. The van der Waals surface area contributed by atoms with Gasteiger partial charge < -0.3 is 4.90 Å². The van der Waals surface area contributed by atoms with Crippen LogP contribution in [0, 0.1) is 6.92 Å². The molecule has 0 N–H and O–H groups in total. The van der Waals surface area contributed by atoms with Gasteiger partial charge in [-0.25, -0.2) is 0 Å². The molecule has 2 aromatic rings. The molecule has 23 heavy (non-hydrogen) atoms. The summed E-state index contributed by atoms with van der Waals surface area (Å²) < 4.78 is 41.0. The lowest BCUT2D eigenvalue weighted by Gasteiger charge is -2.30. The molecule has 1 aromatic heterocycles. The first-order valence-electron chi connectivity index (χ1n) is 7.18. The van der Waals surface area contributed by atoms with Gasteiger partial charge in [0.05, 0.1) is 11.3 Å². The number of halogens is 3. The van der Waals surface area contributed by atoms with Crippen LogP contribution in [0.4, 0.5) is 18.9 Å². The van der Waals surface area contributed by atoms with Gasteiger partial charge in [-0.15, -0.1) is 5.10 Å². The third-order valence-electron chi connectivity index (χ3n) is 4.11. The molecule has 1 amide bonds. The molecule has 1 aromatic carbocycles. The zero-order chi connectivity index (χ0) is 16.8. The lowest BCUT2D eigenvalue weighted by molar-refractivity contribution is -0.138. The van der Waals surface area contributed by atoms with Gasteiger partial charge in [0.2, 0.25) is 0 Å². The van der Waals surface area contributed by atoms with Crippen molar-refractivity contribution < 1.29 is 18.0 Å². The summed E-state index contributed by atoms with van der Waals surface area (Å²) >= 11 is 0. The van der Waals surface area contributed by atoms with Gasteiger partial charge in [0, 0.05) is 19.3 Å². The minimum absolute atomic E-state index is 0.165. The number of aryl methyl sites for hydroxylation is 1. The summed E-state index contributed by atoms with van der Waals surface area (Å²) in [6, 6.07) is 3.94. The Morgan fingerprint density at radius 1 is 1.30 bits per heavy atom. The number of hydrogen-bond donors (Lipinski definition) is 0. The van der Waals surface area contributed by atoms with Crippen LogP contribution in [-0.2, 0) is 19.6 Å². The third kappa shape index (κ3) is 2.58. The van der Waals surface area contributed by atoms with Gasteiger partial charge >= 0.3 is 6.18 Å². The van der Waals surface area contributed by atoms with Gasteiger partial charge in [0.15, 0.2) is 5.69 Å². The third-order valence-corrected chi connectivity index (χ3v) is 4.11. The quantitative estimate of drug-likeness (QED) is 0.810. The fourth-order valence-electron chi connectivity index (χ4n) is 2.83. The first-order valence-corrected chi connectivity index (χ1v) is 7.18. The largest absolute Gasteiger partial charge is 0.416 e. The molecule has 1 aliphatic heterocycles. The maximum absolute atomic E-state index is 13.2. The van der Waals surface area contributed by atoms with Crippen molar-refractivity contribution in [3.63, 3.8) is 0 Å². The van der Waals surface area contributed by atoms with E-state index in [1.54, 1.807) is 20.0 Å². The molecule has 2 heterocycles. The van der Waals surface area contributed by atoms with E-state index in [0.717, 1.165) is 6.07 Å². The van der Waals surface area contributed by atoms with Crippen molar-refractivity contribution in [3.05, 3.63) is 40.7 Å². The predicted octanol–water partition coefficient (Wildman–Crippen LogP) is 2.74. The zero-order valence-corrected chi connectivity index (χ0v) is 12.7. The molecule has 8 heteroatoms. The second-order valence-corrected chi connectivity index (χ2v) is 5.51. The number of alkyl halides is 3.